The molecule has 0 bridgehead atoms. The highest BCUT2D eigenvalue weighted by atomic mass is 19.2. The van der Waals surface area contributed by atoms with Crippen molar-refractivity contribution in [3.63, 3.8) is 0 Å². The molecule has 2 aromatic carbocycles. The van der Waals surface area contributed by atoms with Gasteiger partial charge in [0.05, 0.1) is 29.1 Å². The zero-order valence-electron chi connectivity index (χ0n) is 18.9. The van der Waals surface area contributed by atoms with E-state index < -0.39 is 34.7 Å². The standard InChI is InChI=1S/C21H23F2N3O4.C2H6/c1-11-4-7-15(16(27)8-11)24-19-14(20(28)25-30-10-12-5-6-12)9-13(17(22)18(19)23)21(29)26(2)3;1-2/h4,7-9,12,24,27H,5-6,10H2,1-3H3,(H,25,28);1-2H3. The van der Waals surface area contributed by atoms with Crippen molar-refractivity contribution in [1.29, 1.82) is 0 Å². The summed E-state index contributed by atoms with van der Waals surface area (Å²) < 4.78 is 29.6. The molecular formula is C23H29F2N3O4. The van der Waals surface area contributed by atoms with Gasteiger partial charge in [-0.15, -0.1) is 0 Å². The zero-order chi connectivity index (χ0) is 24.0. The lowest BCUT2D eigenvalue weighted by atomic mass is 10.0. The van der Waals surface area contributed by atoms with Crippen molar-refractivity contribution in [2.75, 3.05) is 26.0 Å². The number of halogens is 2. The number of hydroxylamine groups is 1. The van der Waals surface area contributed by atoms with Crippen molar-refractivity contribution < 1.29 is 28.3 Å². The lowest BCUT2D eigenvalue weighted by Gasteiger charge is -2.18. The Morgan fingerprint density at radius 1 is 1.12 bits per heavy atom. The van der Waals surface area contributed by atoms with Gasteiger partial charge >= 0.3 is 0 Å². The Bertz CT molecular complexity index is 992. The number of carbonyl (C=O) groups excluding carboxylic acids is 2. The quantitative estimate of drug-likeness (QED) is 0.427. The van der Waals surface area contributed by atoms with Crippen LogP contribution in [0.3, 0.4) is 0 Å². The summed E-state index contributed by atoms with van der Waals surface area (Å²) in [5, 5.41) is 12.7. The second-order valence-electron chi connectivity index (χ2n) is 7.51. The Kier molecular flexibility index (Phi) is 8.54. The van der Waals surface area contributed by atoms with Gasteiger partial charge in [-0.3, -0.25) is 14.4 Å². The molecule has 0 heterocycles. The van der Waals surface area contributed by atoms with E-state index in [0.29, 0.717) is 12.5 Å². The Morgan fingerprint density at radius 2 is 1.78 bits per heavy atom. The zero-order valence-corrected chi connectivity index (χ0v) is 18.9. The molecule has 174 valence electrons. The molecule has 0 aliphatic heterocycles. The van der Waals surface area contributed by atoms with Crippen LogP contribution >= 0.6 is 0 Å². The first kappa shape index (κ1) is 25.1. The molecule has 1 aliphatic rings. The third-order valence-electron chi connectivity index (χ3n) is 4.68. The summed E-state index contributed by atoms with van der Waals surface area (Å²) in [6, 6.07) is 5.51. The van der Waals surface area contributed by atoms with Gasteiger partial charge in [-0.05, 0) is 49.4 Å². The van der Waals surface area contributed by atoms with Crippen LogP contribution in [0.2, 0.25) is 0 Å². The molecule has 32 heavy (non-hydrogen) atoms. The number of carbonyl (C=O) groups is 2. The van der Waals surface area contributed by atoms with Crippen molar-refractivity contribution in [2.24, 2.45) is 5.92 Å². The molecule has 0 unspecified atom stereocenters. The van der Waals surface area contributed by atoms with E-state index >= 15 is 0 Å². The minimum Gasteiger partial charge on any atom is -0.506 e. The van der Waals surface area contributed by atoms with E-state index in [0.717, 1.165) is 29.4 Å². The van der Waals surface area contributed by atoms with Crippen molar-refractivity contribution in [2.45, 2.75) is 33.6 Å². The summed E-state index contributed by atoms with van der Waals surface area (Å²) in [5.41, 5.74) is 1.58. The Hall–Kier alpha value is -3.20. The maximum Gasteiger partial charge on any atom is 0.277 e. The van der Waals surface area contributed by atoms with E-state index in [-0.39, 0.29) is 17.0 Å². The fourth-order valence-electron chi connectivity index (χ4n) is 2.77. The van der Waals surface area contributed by atoms with E-state index in [9.17, 15) is 23.5 Å². The van der Waals surface area contributed by atoms with Crippen LogP contribution < -0.4 is 10.8 Å². The van der Waals surface area contributed by atoms with Crippen LogP contribution in [0.4, 0.5) is 20.2 Å². The van der Waals surface area contributed by atoms with Crippen LogP contribution in [0.1, 0.15) is 53.0 Å². The number of nitrogens with zero attached hydrogens (tertiary/aromatic N) is 1. The topological polar surface area (TPSA) is 90.9 Å². The Balaban J connectivity index is 0.00000176. The average molecular weight is 449 g/mol. The summed E-state index contributed by atoms with van der Waals surface area (Å²) in [4.78, 5) is 31.1. The van der Waals surface area contributed by atoms with E-state index in [2.05, 4.69) is 10.8 Å². The maximum atomic E-state index is 15.0. The third kappa shape index (κ3) is 5.94. The molecule has 3 N–H and O–H groups in total. The molecule has 0 radical (unpaired) electrons. The highest BCUT2D eigenvalue weighted by Crippen LogP contribution is 2.33. The first-order chi connectivity index (χ1) is 15.2. The smallest absolute Gasteiger partial charge is 0.277 e. The molecule has 0 aromatic heterocycles. The minimum atomic E-state index is -1.42. The SMILES string of the molecule is CC.Cc1ccc(Nc2c(C(=O)NOCC3CC3)cc(C(=O)N(C)C)c(F)c2F)c(O)c1. The third-order valence-corrected chi connectivity index (χ3v) is 4.68. The van der Waals surface area contributed by atoms with Crippen LogP contribution in [0.15, 0.2) is 24.3 Å². The van der Waals surface area contributed by atoms with Crippen LogP contribution in [-0.4, -0.2) is 42.5 Å². The summed E-state index contributed by atoms with van der Waals surface area (Å²) >= 11 is 0. The number of rotatable bonds is 7. The van der Waals surface area contributed by atoms with Gasteiger partial charge in [-0.25, -0.2) is 14.3 Å². The van der Waals surface area contributed by atoms with Gasteiger partial charge in [0, 0.05) is 14.1 Å². The monoisotopic (exact) mass is 449 g/mol. The molecule has 0 spiro atoms. The van der Waals surface area contributed by atoms with Crippen molar-refractivity contribution >= 4 is 23.2 Å². The fourth-order valence-corrected chi connectivity index (χ4v) is 2.77. The van der Waals surface area contributed by atoms with E-state index in [1.807, 2.05) is 13.8 Å². The Morgan fingerprint density at radius 3 is 2.34 bits per heavy atom. The summed E-state index contributed by atoms with van der Waals surface area (Å²) in [5.74, 6) is -4.32. The molecule has 0 saturated heterocycles. The second kappa shape index (κ2) is 10.9. The predicted molar refractivity (Wildman–Crippen MR) is 118 cm³/mol. The molecule has 1 aliphatic carbocycles. The first-order valence-electron chi connectivity index (χ1n) is 10.4. The normalized spacial score (nSPS) is 12.5. The van der Waals surface area contributed by atoms with E-state index in [4.69, 9.17) is 4.84 Å². The molecule has 9 heteroatoms. The summed E-state index contributed by atoms with van der Waals surface area (Å²) in [6.07, 6.45) is 2.00. The van der Waals surface area contributed by atoms with Crippen molar-refractivity contribution in [3.05, 3.63) is 52.6 Å². The molecule has 2 aromatic rings. The van der Waals surface area contributed by atoms with E-state index in [1.54, 1.807) is 13.0 Å². The molecule has 1 saturated carbocycles. The fraction of sp³-hybridized carbons (Fsp3) is 0.391. The summed E-state index contributed by atoms with van der Waals surface area (Å²) in [6.45, 7) is 6.06. The van der Waals surface area contributed by atoms with Gasteiger partial charge in [0.2, 0.25) is 0 Å². The number of phenolic OH excluding ortho intramolecular Hbond substituents is 1. The van der Waals surface area contributed by atoms with Gasteiger partial charge in [-0.1, -0.05) is 19.9 Å². The number of nitrogens with one attached hydrogen (secondary N) is 2. The number of anilines is 2. The molecule has 2 amide bonds. The number of phenols is 1. The van der Waals surface area contributed by atoms with Crippen LogP contribution in [-0.2, 0) is 4.84 Å². The van der Waals surface area contributed by atoms with Gasteiger partial charge in [0.15, 0.2) is 11.6 Å². The summed E-state index contributed by atoms with van der Waals surface area (Å²) in [7, 11) is 2.77. The largest absolute Gasteiger partial charge is 0.506 e. The van der Waals surface area contributed by atoms with Gasteiger partial charge in [0.25, 0.3) is 11.8 Å². The minimum absolute atomic E-state index is 0.0681. The average Bonchev–Trinajstić information content (AvgIpc) is 3.58. The predicted octanol–water partition coefficient (Wildman–Crippen LogP) is 4.52. The number of aryl methyl sites for hydroxylation is 1. The lowest BCUT2D eigenvalue weighted by Crippen LogP contribution is -2.28. The van der Waals surface area contributed by atoms with Crippen molar-refractivity contribution in [3.8, 4) is 5.75 Å². The number of amides is 2. The molecule has 0 atom stereocenters. The number of benzene rings is 2. The molecule has 3 rings (SSSR count). The van der Waals surface area contributed by atoms with Gasteiger partial charge in [-0.2, -0.15) is 0 Å². The van der Waals surface area contributed by atoms with Gasteiger partial charge in [0.1, 0.15) is 5.75 Å². The Labute approximate surface area is 186 Å². The van der Waals surface area contributed by atoms with E-state index in [1.165, 1.54) is 26.2 Å². The van der Waals surface area contributed by atoms with Gasteiger partial charge < -0.3 is 15.3 Å². The maximum absolute atomic E-state index is 15.0. The molecule has 1 fully saturated rings. The lowest BCUT2D eigenvalue weighted by molar-refractivity contribution is 0.0270. The number of aromatic hydroxyl groups is 1. The molecule has 7 nitrogen and oxygen atoms in total. The van der Waals surface area contributed by atoms with Crippen LogP contribution in [0.5, 0.6) is 5.75 Å². The number of hydrogen-bond donors (Lipinski definition) is 3. The number of hydrogen-bond acceptors (Lipinski definition) is 5. The highest BCUT2D eigenvalue weighted by Gasteiger charge is 2.28. The first-order valence-corrected chi connectivity index (χ1v) is 10.4. The second-order valence-corrected chi connectivity index (χ2v) is 7.51. The highest BCUT2D eigenvalue weighted by molar-refractivity contribution is 6.04. The van der Waals surface area contributed by atoms with Crippen molar-refractivity contribution in [1.82, 2.24) is 10.4 Å². The molecular weight excluding hydrogens is 420 g/mol. The van der Waals surface area contributed by atoms with Crippen LogP contribution in [0.25, 0.3) is 0 Å². The van der Waals surface area contributed by atoms with Crippen LogP contribution in [0, 0.1) is 24.5 Å².